The maximum atomic E-state index is 4.06. The summed E-state index contributed by atoms with van der Waals surface area (Å²) < 4.78 is 2.15. The highest BCUT2D eigenvalue weighted by Crippen LogP contribution is 2.33. The molecule has 0 amide bonds. The molecule has 0 spiro atoms. The van der Waals surface area contributed by atoms with Crippen molar-refractivity contribution in [2.45, 2.75) is 65.0 Å². The Morgan fingerprint density at radius 1 is 1.33 bits per heavy atom. The molecule has 0 aromatic carbocycles. The number of aryl methyl sites for hydroxylation is 1. The van der Waals surface area contributed by atoms with E-state index in [2.05, 4.69) is 28.7 Å². The van der Waals surface area contributed by atoms with E-state index in [0.717, 1.165) is 19.1 Å². The van der Waals surface area contributed by atoms with Gasteiger partial charge in [0.05, 0.1) is 6.33 Å². The Morgan fingerprint density at radius 3 is 3.00 bits per heavy atom. The van der Waals surface area contributed by atoms with Crippen molar-refractivity contribution >= 4 is 0 Å². The van der Waals surface area contributed by atoms with Crippen molar-refractivity contribution in [3.8, 4) is 0 Å². The van der Waals surface area contributed by atoms with Gasteiger partial charge in [-0.15, -0.1) is 0 Å². The zero-order chi connectivity index (χ0) is 12.8. The Morgan fingerprint density at radius 2 is 2.22 bits per heavy atom. The van der Waals surface area contributed by atoms with Gasteiger partial charge in [-0.25, -0.2) is 4.98 Å². The second kappa shape index (κ2) is 6.37. The van der Waals surface area contributed by atoms with Crippen LogP contribution in [-0.2, 0) is 6.54 Å². The molecule has 18 heavy (non-hydrogen) atoms. The van der Waals surface area contributed by atoms with Crippen LogP contribution in [0.25, 0.3) is 0 Å². The van der Waals surface area contributed by atoms with Crippen molar-refractivity contribution in [3.63, 3.8) is 0 Å². The van der Waals surface area contributed by atoms with Crippen molar-refractivity contribution in [1.29, 1.82) is 0 Å². The number of aromatic nitrogens is 2. The third-order valence-electron chi connectivity index (χ3n) is 4.16. The molecule has 1 fully saturated rings. The largest absolute Gasteiger partial charge is 0.337 e. The van der Waals surface area contributed by atoms with Crippen LogP contribution in [0.5, 0.6) is 0 Å². The zero-order valence-corrected chi connectivity index (χ0v) is 11.9. The van der Waals surface area contributed by atoms with Crippen LogP contribution in [0.4, 0.5) is 0 Å². The highest BCUT2D eigenvalue weighted by atomic mass is 15.0. The first-order valence-corrected chi connectivity index (χ1v) is 7.35. The summed E-state index contributed by atoms with van der Waals surface area (Å²) in [6.07, 6.45) is 13.8. The lowest BCUT2D eigenvalue weighted by molar-refractivity contribution is 0.309. The fraction of sp³-hybridized carbons (Fsp3) is 0.800. The van der Waals surface area contributed by atoms with Gasteiger partial charge in [-0.1, -0.05) is 20.3 Å². The molecule has 0 saturated heterocycles. The average Bonchev–Trinajstić information content (AvgIpc) is 2.77. The molecule has 1 aromatic heterocycles. The molecule has 3 nitrogen and oxygen atoms in total. The Labute approximate surface area is 111 Å². The maximum absolute atomic E-state index is 4.06. The van der Waals surface area contributed by atoms with Gasteiger partial charge in [0.25, 0.3) is 0 Å². The predicted octanol–water partition coefficient (Wildman–Crippen LogP) is 3.22. The second-order valence-corrected chi connectivity index (χ2v) is 6.40. The smallest absolute Gasteiger partial charge is 0.0945 e. The van der Waals surface area contributed by atoms with E-state index in [-0.39, 0.29) is 0 Å². The van der Waals surface area contributed by atoms with Gasteiger partial charge < -0.3 is 9.88 Å². The molecule has 1 heterocycles. The Hall–Kier alpha value is -0.830. The monoisotopic (exact) mass is 249 g/mol. The van der Waals surface area contributed by atoms with Crippen molar-refractivity contribution in [2.24, 2.45) is 5.41 Å². The quantitative estimate of drug-likeness (QED) is 0.641. The number of nitrogens with one attached hydrogen (secondary N) is 1. The van der Waals surface area contributed by atoms with Crippen LogP contribution in [0.15, 0.2) is 18.7 Å². The third-order valence-corrected chi connectivity index (χ3v) is 4.16. The van der Waals surface area contributed by atoms with Crippen LogP contribution in [0.1, 0.15) is 52.4 Å². The lowest BCUT2D eigenvalue weighted by Crippen LogP contribution is -2.30. The van der Waals surface area contributed by atoms with E-state index in [9.17, 15) is 0 Å². The van der Waals surface area contributed by atoms with E-state index >= 15 is 0 Å². The minimum atomic E-state index is 0.563. The fourth-order valence-corrected chi connectivity index (χ4v) is 2.85. The van der Waals surface area contributed by atoms with Gasteiger partial charge in [-0.3, -0.25) is 0 Å². The topological polar surface area (TPSA) is 29.9 Å². The van der Waals surface area contributed by atoms with Gasteiger partial charge in [-0.05, 0) is 44.1 Å². The molecule has 0 radical (unpaired) electrons. The van der Waals surface area contributed by atoms with E-state index in [1.807, 2.05) is 18.7 Å². The summed E-state index contributed by atoms with van der Waals surface area (Å²) in [5.41, 5.74) is 0.563. The normalized spacial score (nSPS) is 23.8. The summed E-state index contributed by atoms with van der Waals surface area (Å²) in [6, 6.07) is 0.745. The fourth-order valence-electron chi connectivity index (χ4n) is 2.85. The van der Waals surface area contributed by atoms with Crippen LogP contribution >= 0.6 is 0 Å². The highest BCUT2D eigenvalue weighted by molar-refractivity contribution is 4.79. The molecule has 3 heteroatoms. The van der Waals surface area contributed by atoms with Crippen molar-refractivity contribution in [3.05, 3.63) is 18.7 Å². The molecule has 0 aliphatic heterocycles. The number of hydrogen-bond acceptors (Lipinski definition) is 2. The van der Waals surface area contributed by atoms with Gasteiger partial charge in [0.15, 0.2) is 0 Å². The van der Waals surface area contributed by atoms with Gasteiger partial charge in [-0.2, -0.15) is 0 Å². The van der Waals surface area contributed by atoms with Gasteiger partial charge >= 0.3 is 0 Å². The molecule has 1 aliphatic carbocycles. The van der Waals surface area contributed by atoms with E-state index in [1.54, 1.807) is 0 Å². The van der Waals surface area contributed by atoms with Gasteiger partial charge in [0, 0.05) is 25.0 Å². The average molecular weight is 249 g/mol. The van der Waals surface area contributed by atoms with E-state index in [0.29, 0.717) is 5.41 Å². The Bertz CT molecular complexity index is 330. The Balaban J connectivity index is 1.61. The van der Waals surface area contributed by atoms with Crippen LogP contribution in [0.2, 0.25) is 0 Å². The number of rotatable bonds is 5. The molecule has 1 unspecified atom stereocenters. The van der Waals surface area contributed by atoms with Crippen molar-refractivity contribution in [1.82, 2.24) is 14.9 Å². The molecular weight excluding hydrogens is 222 g/mol. The first-order valence-electron chi connectivity index (χ1n) is 7.35. The molecule has 1 atom stereocenters. The molecular formula is C15H27N3. The van der Waals surface area contributed by atoms with Crippen molar-refractivity contribution < 1.29 is 0 Å². The molecule has 2 rings (SSSR count). The second-order valence-electron chi connectivity index (χ2n) is 6.40. The summed E-state index contributed by atoms with van der Waals surface area (Å²) in [5, 5.41) is 3.73. The van der Waals surface area contributed by atoms with Crippen LogP contribution in [0.3, 0.4) is 0 Å². The number of nitrogens with zero attached hydrogens (tertiary/aromatic N) is 2. The van der Waals surface area contributed by atoms with Crippen molar-refractivity contribution in [2.75, 3.05) is 6.54 Å². The van der Waals surface area contributed by atoms with Crippen LogP contribution in [0, 0.1) is 5.41 Å². The summed E-state index contributed by atoms with van der Waals surface area (Å²) in [5.74, 6) is 0. The summed E-state index contributed by atoms with van der Waals surface area (Å²) in [7, 11) is 0. The summed E-state index contributed by atoms with van der Waals surface area (Å²) >= 11 is 0. The predicted molar refractivity (Wildman–Crippen MR) is 75.5 cm³/mol. The van der Waals surface area contributed by atoms with E-state index in [1.165, 1.54) is 38.5 Å². The molecule has 1 aromatic rings. The number of hydrogen-bond donors (Lipinski definition) is 1. The molecule has 0 bridgehead atoms. The van der Waals surface area contributed by atoms with Crippen LogP contribution < -0.4 is 5.32 Å². The van der Waals surface area contributed by atoms with Crippen LogP contribution in [-0.4, -0.2) is 22.1 Å². The van der Waals surface area contributed by atoms with Gasteiger partial charge in [0.2, 0.25) is 0 Å². The Kier molecular flexibility index (Phi) is 4.81. The number of imidazole rings is 1. The van der Waals surface area contributed by atoms with E-state index < -0.39 is 0 Å². The third kappa shape index (κ3) is 4.45. The SMILES string of the molecule is CC1(C)CCCC(NCCCn2ccnc2)CC1. The standard InChI is InChI=1S/C15H27N3/c1-15(2)7-3-5-14(6-8-15)17-9-4-11-18-12-10-16-13-18/h10,12-14,17H,3-9,11H2,1-2H3. The highest BCUT2D eigenvalue weighted by Gasteiger charge is 2.23. The minimum absolute atomic E-state index is 0.563. The maximum Gasteiger partial charge on any atom is 0.0945 e. The molecule has 1 saturated carbocycles. The summed E-state index contributed by atoms with van der Waals surface area (Å²) in [6.45, 7) is 7.03. The lowest BCUT2D eigenvalue weighted by Gasteiger charge is -2.22. The van der Waals surface area contributed by atoms with E-state index in [4.69, 9.17) is 0 Å². The zero-order valence-electron chi connectivity index (χ0n) is 11.9. The molecule has 102 valence electrons. The summed E-state index contributed by atoms with van der Waals surface area (Å²) in [4.78, 5) is 4.06. The minimum Gasteiger partial charge on any atom is -0.337 e. The molecule has 1 aliphatic rings. The first-order chi connectivity index (χ1) is 8.66. The molecule has 1 N–H and O–H groups in total. The van der Waals surface area contributed by atoms with Gasteiger partial charge in [0.1, 0.15) is 0 Å². The first kappa shape index (κ1) is 13.6. The lowest BCUT2D eigenvalue weighted by atomic mass is 9.85.